The van der Waals surface area contributed by atoms with Crippen LogP contribution in [0.3, 0.4) is 0 Å². The van der Waals surface area contributed by atoms with Crippen LogP contribution in [0.25, 0.3) is 22.6 Å². The second-order valence-electron chi connectivity index (χ2n) is 5.65. The molecule has 0 saturated heterocycles. The van der Waals surface area contributed by atoms with Crippen LogP contribution in [0.4, 0.5) is 19.0 Å². The Morgan fingerprint density at radius 1 is 0.926 bits per heavy atom. The molecular formula is C19H15ClF3N3O. The van der Waals surface area contributed by atoms with Gasteiger partial charge in [-0.2, -0.15) is 13.2 Å². The van der Waals surface area contributed by atoms with Crippen LogP contribution in [0.15, 0.2) is 54.6 Å². The predicted octanol–water partition coefficient (Wildman–Crippen LogP) is 4.89. The molecule has 4 nitrogen and oxygen atoms in total. The van der Waals surface area contributed by atoms with Crippen LogP contribution >= 0.6 is 11.6 Å². The van der Waals surface area contributed by atoms with Crippen molar-refractivity contribution in [3.63, 3.8) is 0 Å². The first-order valence-corrected chi connectivity index (χ1v) is 8.43. The number of nitrogens with one attached hydrogen (secondary N) is 1. The van der Waals surface area contributed by atoms with Crippen molar-refractivity contribution in [1.82, 2.24) is 9.97 Å². The average molecular weight is 394 g/mol. The zero-order chi connectivity index (χ0) is 19.4. The monoisotopic (exact) mass is 393 g/mol. The molecule has 0 aliphatic carbocycles. The lowest BCUT2D eigenvalue weighted by Gasteiger charge is -2.13. The molecule has 3 aromatic rings. The number of nitrogens with zero attached hydrogens (tertiary/aromatic N) is 2. The van der Waals surface area contributed by atoms with Gasteiger partial charge in [-0.15, -0.1) is 0 Å². The Bertz CT molecular complexity index is 916. The summed E-state index contributed by atoms with van der Waals surface area (Å²) < 4.78 is 38.3. The van der Waals surface area contributed by atoms with E-state index in [4.69, 9.17) is 16.7 Å². The van der Waals surface area contributed by atoms with Crippen LogP contribution in [0, 0.1) is 0 Å². The molecule has 2 N–H and O–H groups in total. The highest BCUT2D eigenvalue weighted by Crippen LogP contribution is 2.34. The maximum Gasteiger partial charge on any atom is 0.416 e. The number of alkyl halides is 3. The van der Waals surface area contributed by atoms with E-state index in [1.165, 1.54) is 12.1 Å². The summed E-state index contributed by atoms with van der Waals surface area (Å²) in [5.74, 6) is 0.530. The summed E-state index contributed by atoms with van der Waals surface area (Å²) in [6.07, 6.45) is -4.41. The van der Waals surface area contributed by atoms with E-state index >= 15 is 0 Å². The summed E-state index contributed by atoms with van der Waals surface area (Å²) in [4.78, 5) is 8.76. The molecule has 0 saturated carbocycles. The molecule has 0 amide bonds. The van der Waals surface area contributed by atoms with Crippen molar-refractivity contribution in [3.05, 3.63) is 65.2 Å². The Morgan fingerprint density at radius 3 is 2.19 bits per heavy atom. The van der Waals surface area contributed by atoms with Crippen molar-refractivity contribution in [2.75, 3.05) is 18.5 Å². The van der Waals surface area contributed by atoms with Crippen LogP contribution in [0.5, 0.6) is 0 Å². The Labute approximate surface area is 158 Å². The van der Waals surface area contributed by atoms with Gasteiger partial charge in [0.15, 0.2) is 5.82 Å². The largest absolute Gasteiger partial charge is 0.416 e. The second-order valence-corrected chi connectivity index (χ2v) is 6.03. The van der Waals surface area contributed by atoms with E-state index < -0.39 is 11.7 Å². The molecule has 1 heterocycles. The van der Waals surface area contributed by atoms with Crippen molar-refractivity contribution in [3.8, 4) is 22.6 Å². The van der Waals surface area contributed by atoms with E-state index in [2.05, 4.69) is 15.3 Å². The van der Waals surface area contributed by atoms with Gasteiger partial charge in [0, 0.05) is 17.7 Å². The van der Waals surface area contributed by atoms with Crippen molar-refractivity contribution < 1.29 is 18.3 Å². The highest BCUT2D eigenvalue weighted by atomic mass is 35.5. The van der Waals surface area contributed by atoms with E-state index in [1.807, 2.05) is 30.3 Å². The SMILES string of the molecule is OCCNc1nc(-c2ccc(C(F)(F)F)cc2)nc(-c2ccccc2)c1Cl. The number of aromatic nitrogens is 2. The normalized spacial score (nSPS) is 11.4. The molecule has 0 fully saturated rings. The van der Waals surface area contributed by atoms with Gasteiger partial charge in [-0.3, -0.25) is 0 Å². The van der Waals surface area contributed by atoms with Crippen LogP contribution in [-0.2, 0) is 6.18 Å². The van der Waals surface area contributed by atoms with Gasteiger partial charge in [-0.1, -0.05) is 54.1 Å². The number of benzene rings is 2. The number of aliphatic hydroxyl groups excluding tert-OH is 1. The molecule has 0 unspecified atom stereocenters. The quantitative estimate of drug-likeness (QED) is 0.648. The third-order valence-corrected chi connectivity index (χ3v) is 4.13. The van der Waals surface area contributed by atoms with Gasteiger partial charge in [-0.05, 0) is 12.1 Å². The summed E-state index contributed by atoms with van der Waals surface area (Å²) in [7, 11) is 0. The Kier molecular flexibility index (Phi) is 5.62. The smallest absolute Gasteiger partial charge is 0.395 e. The van der Waals surface area contributed by atoms with E-state index in [0.717, 1.165) is 17.7 Å². The highest BCUT2D eigenvalue weighted by Gasteiger charge is 2.30. The molecule has 0 atom stereocenters. The number of rotatable bonds is 5. The number of hydrogen-bond donors (Lipinski definition) is 2. The molecule has 0 aliphatic heterocycles. The lowest BCUT2D eigenvalue weighted by Crippen LogP contribution is -2.09. The first-order valence-electron chi connectivity index (χ1n) is 8.05. The predicted molar refractivity (Wildman–Crippen MR) is 98.5 cm³/mol. The van der Waals surface area contributed by atoms with Crippen LogP contribution < -0.4 is 5.32 Å². The molecule has 3 rings (SSSR count). The first kappa shape index (κ1) is 19.1. The Balaban J connectivity index is 2.09. The van der Waals surface area contributed by atoms with Crippen molar-refractivity contribution >= 4 is 17.4 Å². The summed E-state index contributed by atoms with van der Waals surface area (Å²) in [5.41, 5.74) is 0.860. The molecule has 1 aromatic heterocycles. The summed E-state index contributed by atoms with van der Waals surface area (Å²) in [6, 6.07) is 13.7. The average Bonchev–Trinajstić information content (AvgIpc) is 2.67. The Hall–Kier alpha value is -2.64. The van der Waals surface area contributed by atoms with E-state index in [-0.39, 0.29) is 24.0 Å². The van der Waals surface area contributed by atoms with E-state index in [1.54, 1.807) is 0 Å². The fourth-order valence-corrected chi connectivity index (χ4v) is 2.72. The van der Waals surface area contributed by atoms with Crippen LogP contribution in [-0.4, -0.2) is 28.2 Å². The minimum absolute atomic E-state index is 0.128. The maximum absolute atomic E-state index is 12.8. The van der Waals surface area contributed by atoms with Crippen molar-refractivity contribution in [2.45, 2.75) is 6.18 Å². The fourth-order valence-electron chi connectivity index (χ4n) is 2.46. The Morgan fingerprint density at radius 2 is 1.59 bits per heavy atom. The lowest BCUT2D eigenvalue weighted by molar-refractivity contribution is -0.137. The van der Waals surface area contributed by atoms with E-state index in [0.29, 0.717) is 17.1 Å². The number of hydrogen-bond acceptors (Lipinski definition) is 4. The van der Waals surface area contributed by atoms with Gasteiger partial charge in [0.2, 0.25) is 0 Å². The number of aliphatic hydroxyl groups is 1. The fraction of sp³-hybridized carbons (Fsp3) is 0.158. The number of anilines is 1. The topological polar surface area (TPSA) is 58.0 Å². The van der Waals surface area contributed by atoms with Crippen molar-refractivity contribution in [1.29, 1.82) is 0 Å². The maximum atomic E-state index is 12.8. The van der Waals surface area contributed by atoms with Gasteiger partial charge in [0.05, 0.1) is 17.9 Å². The number of halogens is 4. The summed E-state index contributed by atoms with van der Waals surface area (Å²) >= 11 is 6.41. The standard InChI is InChI=1S/C19H15ClF3N3O/c20-15-16(12-4-2-1-3-5-12)25-17(26-18(15)24-10-11-27)13-6-8-14(9-7-13)19(21,22)23/h1-9,27H,10-11H2,(H,24,25,26). The minimum atomic E-state index is -4.41. The van der Waals surface area contributed by atoms with Crippen molar-refractivity contribution in [2.24, 2.45) is 0 Å². The molecule has 0 aliphatic rings. The third-order valence-electron chi connectivity index (χ3n) is 3.77. The lowest BCUT2D eigenvalue weighted by atomic mass is 10.1. The van der Waals surface area contributed by atoms with Gasteiger partial charge in [0.1, 0.15) is 10.8 Å². The molecule has 0 bridgehead atoms. The van der Waals surface area contributed by atoms with Crippen LogP contribution in [0.2, 0.25) is 5.02 Å². The molecule has 8 heteroatoms. The van der Waals surface area contributed by atoms with E-state index in [9.17, 15) is 13.2 Å². The van der Waals surface area contributed by atoms with Gasteiger partial charge in [0.25, 0.3) is 0 Å². The van der Waals surface area contributed by atoms with Gasteiger partial charge < -0.3 is 10.4 Å². The molecular weight excluding hydrogens is 379 g/mol. The van der Waals surface area contributed by atoms with Gasteiger partial charge >= 0.3 is 6.18 Å². The van der Waals surface area contributed by atoms with Gasteiger partial charge in [-0.25, -0.2) is 9.97 Å². The molecule has 2 aromatic carbocycles. The third kappa shape index (κ3) is 4.37. The molecule has 27 heavy (non-hydrogen) atoms. The molecule has 140 valence electrons. The highest BCUT2D eigenvalue weighted by molar-refractivity contribution is 6.35. The zero-order valence-electron chi connectivity index (χ0n) is 14.0. The summed E-state index contributed by atoms with van der Waals surface area (Å²) in [5, 5.41) is 12.2. The minimum Gasteiger partial charge on any atom is -0.395 e. The summed E-state index contributed by atoms with van der Waals surface area (Å²) in [6.45, 7) is 0.0913. The molecule has 0 radical (unpaired) electrons. The second kappa shape index (κ2) is 7.94. The first-order chi connectivity index (χ1) is 12.9. The zero-order valence-corrected chi connectivity index (χ0v) is 14.7. The van der Waals surface area contributed by atoms with Crippen LogP contribution in [0.1, 0.15) is 5.56 Å². The molecule has 0 spiro atoms.